The SMILES string of the molecule is CC.Cc1sc(-c2ccccc2CN)cc1Cl. The highest BCUT2D eigenvalue weighted by Crippen LogP contribution is 2.35. The van der Waals surface area contributed by atoms with Crippen molar-refractivity contribution in [2.45, 2.75) is 27.3 Å². The lowest BCUT2D eigenvalue weighted by molar-refractivity contribution is 1.07. The van der Waals surface area contributed by atoms with Crippen molar-refractivity contribution in [3.05, 3.63) is 45.8 Å². The molecule has 0 saturated carbocycles. The quantitative estimate of drug-likeness (QED) is 0.826. The molecule has 92 valence electrons. The third kappa shape index (κ3) is 3.32. The number of rotatable bonds is 2. The maximum Gasteiger partial charge on any atom is 0.0548 e. The molecule has 1 heterocycles. The van der Waals surface area contributed by atoms with Crippen molar-refractivity contribution >= 4 is 22.9 Å². The number of thiophene rings is 1. The van der Waals surface area contributed by atoms with Crippen LogP contribution in [-0.2, 0) is 6.54 Å². The summed E-state index contributed by atoms with van der Waals surface area (Å²) in [5, 5.41) is 0.835. The first-order chi connectivity index (χ1) is 8.22. The van der Waals surface area contributed by atoms with Crippen LogP contribution in [0.3, 0.4) is 0 Å². The highest BCUT2D eigenvalue weighted by atomic mass is 35.5. The second kappa shape index (κ2) is 6.80. The molecular formula is C14H18ClNS. The summed E-state index contributed by atoms with van der Waals surface area (Å²) < 4.78 is 0. The van der Waals surface area contributed by atoms with Crippen molar-refractivity contribution in [2.75, 3.05) is 0 Å². The molecule has 2 N–H and O–H groups in total. The zero-order chi connectivity index (χ0) is 12.8. The summed E-state index contributed by atoms with van der Waals surface area (Å²) >= 11 is 7.76. The molecule has 0 amide bonds. The Hall–Kier alpha value is -0.830. The summed E-state index contributed by atoms with van der Waals surface area (Å²) in [5.74, 6) is 0. The largest absolute Gasteiger partial charge is 0.326 e. The summed E-state index contributed by atoms with van der Waals surface area (Å²) in [5.41, 5.74) is 8.06. The van der Waals surface area contributed by atoms with E-state index in [0.29, 0.717) is 6.54 Å². The van der Waals surface area contributed by atoms with Gasteiger partial charge in [-0.25, -0.2) is 0 Å². The van der Waals surface area contributed by atoms with Crippen LogP contribution in [0.15, 0.2) is 30.3 Å². The van der Waals surface area contributed by atoms with Crippen molar-refractivity contribution in [3.63, 3.8) is 0 Å². The van der Waals surface area contributed by atoms with Gasteiger partial charge in [0, 0.05) is 16.3 Å². The maximum atomic E-state index is 6.05. The molecule has 1 aromatic heterocycles. The van der Waals surface area contributed by atoms with Gasteiger partial charge in [-0.1, -0.05) is 49.7 Å². The van der Waals surface area contributed by atoms with Gasteiger partial charge in [0.05, 0.1) is 5.02 Å². The molecule has 0 atom stereocenters. The Bertz CT molecular complexity index is 457. The molecule has 0 unspecified atom stereocenters. The van der Waals surface area contributed by atoms with Gasteiger partial charge in [0.25, 0.3) is 0 Å². The fourth-order valence-electron chi connectivity index (χ4n) is 1.53. The molecule has 0 aliphatic rings. The van der Waals surface area contributed by atoms with E-state index >= 15 is 0 Å². The highest BCUT2D eigenvalue weighted by molar-refractivity contribution is 7.16. The fourth-order valence-corrected chi connectivity index (χ4v) is 2.79. The van der Waals surface area contributed by atoms with E-state index in [-0.39, 0.29) is 0 Å². The standard InChI is InChI=1S/C12H12ClNS.C2H6/c1-8-11(13)6-12(15-8)10-5-3-2-4-9(10)7-14;1-2/h2-6H,7,14H2,1H3;1-2H3. The smallest absolute Gasteiger partial charge is 0.0548 e. The summed E-state index contributed by atoms with van der Waals surface area (Å²) in [7, 11) is 0. The van der Waals surface area contributed by atoms with Crippen molar-refractivity contribution < 1.29 is 0 Å². The Morgan fingerprint density at radius 3 is 2.41 bits per heavy atom. The molecule has 0 saturated heterocycles. The van der Waals surface area contributed by atoms with E-state index in [1.807, 2.05) is 39.0 Å². The normalized spacial score (nSPS) is 9.71. The Kier molecular flexibility index (Phi) is 5.69. The minimum atomic E-state index is 0.560. The van der Waals surface area contributed by atoms with Gasteiger partial charge >= 0.3 is 0 Å². The van der Waals surface area contributed by atoms with Crippen molar-refractivity contribution in [1.82, 2.24) is 0 Å². The van der Waals surface area contributed by atoms with Gasteiger partial charge in [0.1, 0.15) is 0 Å². The molecule has 0 spiro atoms. The number of nitrogens with two attached hydrogens (primary N) is 1. The van der Waals surface area contributed by atoms with Crippen LogP contribution >= 0.6 is 22.9 Å². The molecule has 0 fully saturated rings. The monoisotopic (exact) mass is 267 g/mol. The van der Waals surface area contributed by atoms with Crippen LogP contribution in [0.25, 0.3) is 10.4 Å². The molecule has 2 aromatic rings. The Morgan fingerprint density at radius 1 is 1.24 bits per heavy atom. The average molecular weight is 268 g/mol. The number of hydrogen-bond acceptors (Lipinski definition) is 2. The minimum absolute atomic E-state index is 0.560. The van der Waals surface area contributed by atoms with Crippen LogP contribution in [0, 0.1) is 6.92 Å². The fraction of sp³-hybridized carbons (Fsp3) is 0.286. The second-order valence-corrected chi connectivity index (χ2v) is 5.04. The first-order valence-electron chi connectivity index (χ1n) is 5.76. The predicted molar refractivity (Wildman–Crippen MR) is 78.7 cm³/mol. The van der Waals surface area contributed by atoms with E-state index in [9.17, 15) is 0 Å². The van der Waals surface area contributed by atoms with Crippen LogP contribution in [0.1, 0.15) is 24.3 Å². The van der Waals surface area contributed by atoms with E-state index in [1.54, 1.807) is 11.3 Å². The summed E-state index contributed by atoms with van der Waals surface area (Å²) in [6, 6.07) is 10.2. The first-order valence-corrected chi connectivity index (χ1v) is 6.96. The minimum Gasteiger partial charge on any atom is -0.326 e. The van der Waals surface area contributed by atoms with E-state index in [0.717, 1.165) is 15.5 Å². The van der Waals surface area contributed by atoms with Gasteiger partial charge < -0.3 is 5.73 Å². The summed E-state index contributed by atoms with van der Waals surface area (Å²) in [4.78, 5) is 2.34. The third-order valence-corrected chi connectivity index (χ3v) is 3.95. The zero-order valence-corrected chi connectivity index (χ0v) is 12.0. The van der Waals surface area contributed by atoms with Gasteiger partial charge in [-0.2, -0.15) is 0 Å². The van der Waals surface area contributed by atoms with Crippen LogP contribution in [0.2, 0.25) is 5.02 Å². The van der Waals surface area contributed by atoms with Gasteiger partial charge in [0.2, 0.25) is 0 Å². The molecule has 1 nitrogen and oxygen atoms in total. The topological polar surface area (TPSA) is 26.0 Å². The number of aryl methyl sites for hydroxylation is 1. The second-order valence-electron chi connectivity index (χ2n) is 3.38. The van der Waals surface area contributed by atoms with Crippen LogP contribution in [0.4, 0.5) is 0 Å². The molecule has 0 aliphatic heterocycles. The lowest BCUT2D eigenvalue weighted by Crippen LogP contribution is -1.97. The molecule has 1 aromatic carbocycles. The van der Waals surface area contributed by atoms with Crippen LogP contribution < -0.4 is 5.73 Å². The lowest BCUT2D eigenvalue weighted by atomic mass is 10.1. The Morgan fingerprint density at radius 2 is 1.88 bits per heavy atom. The molecule has 17 heavy (non-hydrogen) atoms. The number of hydrogen-bond donors (Lipinski definition) is 1. The summed E-state index contributed by atoms with van der Waals surface area (Å²) in [6.45, 7) is 6.59. The molecule has 0 bridgehead atoms. The summed E-state index contributed by atoms with van der Waals surface area (Å²) in [6.07, 6.45) is 0. The first kappa shape index (κ1) is 14.2. The van der Waals surface area contributed by atoms with Crippen molar-refractivity contribution in [3.8, 4) is 10.4 Å². The van der Waals surface area contributed by atoms with E-state index < -0.39 is 0 Å². The third-order valence-electron chi connectivity index (χ3n) is 2.36. The molecular weight excluding hydrogens is 250 g/mol. The van der Waals surface area contributed by atoms with E-state index in [2.05, 4.69) is 12.1 Å². The predicted octanol–water partition coefficient (Wildman–Crippen LogP) is 4.86. The van der Waals surface area contributed by atoms with Gasteiger partial charge in [-0.15, -0.1) is 11.3 Å². The lowest BCUT2D eigenvalue weighted by Gasteiger charge is -2.04. The van der Waals surface area contributed by atoms with Gasteiger partial charge in [-0.3, -0.25) is 0 Å². The van der Waals surface area contributed by atoms with Crippen LogP contribution in [0.5, 0.6) is 0 Å². The highest BCUT2D eigenvalue weighted by Gasteiger charge is 2.08. The average Bonchev–Trinajstić information content (AvgIpc) is 2.72. The van der Waals surface area contributed by atoms with E-state index in [4.69, 9.17) is 17.3 Å². The van der Waals surface area contributed by atoms with Crippen LogP contribution in [-0.4, -0.2) is 0 Å². The number of benzene rings is 1. The van der Waals surface area contributed by atoms with Crippen molar-refractivity contribution in [2.24, 2.45) is 5.73 Å². The molecule has 0 aliphatic carbocycles. The number of halogens is 1. The molecule has 0 radical (unpaired) electrons. The molecule has 2 rings (SSSR count). The van der Waals surface area contributed by atoms with E-state index in [1.165, 1.54) is 10.4 Å². The zero-order valence-electron chi connectivity index (χ0n) is 10.5. The Balaban J connectivity index is 0.000000686. The maximum absolute atomic E-state index is 6.05. The van der Waals surface area contributed by atoms with Gasteiger partial charge in [-0.05, 0) is 24.1 Å². The molecule has 3 heteroatoms. The van der Waals surface area contributed by atoms with Gasteiger partial charge in [0.15, 0.2) is 0 Å². The Labute approximate surface area is 112 Å². The van der Waals surface area contributed by atoms with Crippen molar-refractivity contribution in [1.29, 1.82) is 0 Å².